The average molecular weight is 254 g/mol. The fourth-order valence-corrected chi connectivity index (χ4v) is 1.77. The summed E-state index contributed by atoms with van der Waals surface area (Å²) in [5.74, 6) is -3.83. The van der Waals surface area contributed by atoms with Crippen molar-refractivity contribution in [2.24, 2.45) is 0 Å². The van der Waals surface area contributed by atoms with Gasteiger partial charge in [-0.05, 0) is 31.2 Å². The topological polar surface area (TPSA) is 17.0 Å². The van der Waals surface area contributed by atoms with Crippen LogP contribution in [0.1, 0.15) is 12.6 Å². The second-order valence-corrected chi connectivity index (χ2v) is 3.86. The van der Waals surface area contributed by atoms with E-state index in [-0.39, 0.29) is 5.69 Å². The van der Waals surface area contributed by atoms with Crippen LogP contribution in [-0.4, -0.2) is 4.57 Å². The van der Waals surface area contributed by atoms with Crippen LogP contribution in [0.5, 0.6) is 0 Å². The first-order valence-electron chi connectivity index (χ1n) is 5.65. The summed E-state index contributed by atoms with van der Waals surface area (Å²) in [5, 5.41) is 2.76. The van der Waals surface area contributed by atoms with Gasteiger partial charge in [0.1, 0.15) is 0 Å². The number of hydrogen-bond donors (Lipinski definition) is 1. The molecule has 2 aromatic rings. The van der Waals surface area contributed by atoms with E-state index in [1.54, 1.807) is 0 Å². The minimum Gasteiger partial charge on any atom is -0.377 e. The lowest BCUT2D eigenvalue weighted by atomic mass is 10.2. The number of anilines is 1. The van der Waals surface area contributed by atoms with E-state index in [1.807, 2.05) is 29.8 Å². The number of rotatable bonds is 4. The van der Waals surface area contributed by atoms with E-state index in [4.69, 9.17) is 0 Å². The van der Waals surface area contributed by atoms with Crippen LogP contribution in [0.2, 0.25) is 0 Å². The van der Waals surface area contributed by atoms with Crippen LogP contribution in [0.3, 0.4) is 0 Å². The van der Waals surface area contributed by atoms with Gasteiger partial charge in [-0.25, -0.2) is 13.2 Å². The Morgan fingerprint density at radius 3 is 2.61 bits per heavy atom. The molecule has 1 heterocycles. The van der Waals surface area contributed by atoms with Gasteiger partial charge in [0.2, 0.25) is 0 Å². The van der Waals surface area contributed by atoms with E-state index in [9.17, 15) is 13.2 Å². The predicted molar refractivity (Wildman–Crippen MR) is 63.7 cm³/mol. The van der Waals surface area contributed by atoms with Gasteiger partial charge in [0, 0.05) is 18.4 Å². The molecule has 96 valence electrons. The number of halogens is 3. The van der Waals surface area contributed by atoms with Crippen molar-refractivity contribution in [1.29, 1.82) is 0 Å². The van der Waals surface area contributed by atoms with Gasteiger partial charge in [-0.1, -0.05) is 0 Å². The van der Waals surface area contributed by atoms with Crippen LogP contribution < -0.4 is 5.32 Å². The summed E-state index contributed by atoms with van der Waals surface area (Å²) < 4.78 is 41.1. The van der Waals surface area contributed by atoms with Crippen molar-refractivity contribution >= 4 is 5.69 Å². The highest BCUT2D eigenvalue weighted by molar-refractivity contribution is 5.45. The lowest BCUT2D eigenvalue weighted by Crippen LogP contribution is -2.08. The smallest absolute Gasteiger partial charge is 0.196 e. The maximum atomic E-state index is 13.4. The van der Waals surface area contributed by atoms with Crippen LogP contribution in [0.4, 0.5) is 18.9 Å². The van der Waals surface area contributed by atoms with Crippen molar-refractivity contribution < 1.29 is 13.2 Å². The van der Waals surface area contributed by atoms with Crippen LogP contribution in [0, 0.1) is 17.5 Å². The molecule has 0 amide bonds. The zero-order valence-electron chi connectivity index (χ0n) is 9.88. The van der Waals surface area contributed by atoms with Gasteiger partial charge in [0.15, 0.2) is 17.5 Å². The second kappa shape index (κ2) is 5.16. The zero-order valence-corrected chi connectivity index (χ0v) is 9.88. The van der Waals surface area contributed by atoms with Gasteiger partial charge >= 0.3 is 0 Å². The first kappa shape index (κ1) is 12.5. The molecule has 2 rings (SSSR count). The Hall–Kier alpha value is -1.91. The summed E-state index contributed by atoms with van der Waals surface area (Å²) in [4.78, 5) is 0. The molecule has 2 nitrogen and oxygen atoms in total. The molecular weight excluding hydrogens is 241 g/mol. The molecule has 0 saturated carbocycles. The standard InChI is InChI=1S/C13H13F3N2/c1-2-18-7-3-4-9(18)8-17-11-6-5-10(14)12(15)13(11)16/h3-7,17H,2,8H2,1H3. The highest BCUT2D eigenvalue weighted by Crippen LogP contribution is 2.20. The molecule has 0 bridgehead atoms. The molecule has 18 heavy (non-hydrogen) atoms. The monoisotopic (exact) mass is 254 g/mol. The third-order valence-corrected chi connectivity index (χ3v) is 2.76. The largest absolute Gasteiger partial charge is 0.377 e. The van der Waals surface area contributed by atoms with E-state index >= 15 is 0 Å². The fraction of sp³-hybridized carbons (Fsp3) is 0.231. The molecule has 1 N–H and O–H groups in total. The summed E-state index contributed by atoms with van der Waals surface area (Å²) in [6.45, 7) is 3.13. The summed E-state index contributed by atoms with van der Waals surface area (Å²) in [6.07, 6.45) is 1.90. The molecule has 0 atom stereocenters. The minimum atomic E-state index is -1.45. The number of hydrogen-bond acceptors (Lipinski definition) is 1. The van der Waals surface area contributed by atoms with Crippen LogP contribution in [0.15, 0.2) is 30.5 Å². The molecular formula is C13H13F3N2. The van der Waals surface area contributed by atoms with Crippen molar-refractivity contribution in [1.82, 2.24) is 4.57 Å². The van der Waals surface area contributed by atoms with Gasteiger partial charge in [0.05, 0.1) is 12.2 Å². The Morgan fingerprint density at radius 2 is 1.89 bits per heavy atom. The lowest BCUT2D eigenvalue weighted by molar-refractivity contribution is 0.449. The van der Waals surface area contributed by atoms with E-state index in [0.29, 0.717) is 6.54 Å². The van der Waals surface area contributed by atoms with Crippen molar-refractivity contribution in [3.63, 3.8) is 0 Å². The maximum Gasteiger partial charge on any atom is 0.196 e. The van der Waals surface area contributed by atoms with E-state index < -0.39 is 17.5 Å². The second-order valence-electron chi connectivity index (χ2n) is 3.86. The molecule has 1 aromatic carbocycles. The van der Waals surface area contributed by atoms with Gasteiger partial charge in [0.25, 0.3) is 0 Å². The van der Waals surface area contributed by atoms with E-state index in [2.05, 4.69) is 5.32 Å². The first-order chi connectivity index (χ1) is 8.63. The Bertz CT molecular complexity index is 549. The Balaban J connectivity index is 2.14. The molecule has 0 unspecified atom stereocenters. The molecule has 0 radical (unpaired) electrons. The number of aromatic nitrogens is 1. The van der Waals surface area contributed by atoms with Crippen molar-refractivity contribution in [2.75, 3.05) is 5.32 Å². The molecule has 0 fully saturated rings. The SMILES string of the molecule is CCn1cccc1CNc1ccc(F)c(F)c1F. The van der Waals surface area contributed by atoms with Gasteiger partial charge in [-0.3, -0.25) is 0 Å². The fourth-order valence-electron chi connectivity index (χ4n) is 1.77. The molecule has 1 aromatic heterocycles. The van der Waals surface area contributed by atoms with E-state index in [0.717, 1.165) is 18.3 Å². The molecule has 0 aliphatic rings. The number of nitrogens with zero attached hydrogens (tertiary/aromatic N) is 1. The highest BCUT2D eigenvalue weighted by atomic mass is 19.2. The summed E-state index contributed by atoms with van der Waals surface area (Å²) >= 11 is 0. The Morgan fingerprint density at radius 1 is 1.11 bits per heavy atom. The van der Waals surface area contributed by atoms with Crippen LogP contribution >= 0.6 is 0 Å². The summed E-state index contributed by atoms with van der Waals surface area (Å²) in [5.41, 5.74) is 0.902. The molecule has 0 spiro atoms. The Labute approximate surface area is 103 Å². The van der Waals surface area contributed by atoms with Gasteiger partial charge < -0.3 is 9.88 Å². The molecule has 0 saturated heterocycles. The number of nitrogens with one attached hydrogen (secondary N) is 1. The lowest BCUT2D eigenvalue weighted by Gasteiger charge is -2.10. The van der Waals surface area contributed by atoms with Crippen LogP contribution in [0.25, 0.3) is 0 Å². The van der Waals surface area contributed by atoms with E-state index in [1.165, 1.54) is 6.07 Å². The number of benzene rings is 1. The molecule has 0 aliphatic carbocycles. The predicted octanol–water partition coefficient (Wildman–Crippen LogP) is 3.54. The third-order valence-electron chi connectivity index (χ3n) is 2.76. The third kappa shape index (κ3) is 2.34. The highest BCUT2D eigenvalue weighted by Gasteiger charge is 2.13. The van der Waals surface area contributed by atoms with Crippen molar-refractivity contribution in [2.45, 2.75) is 20.0 Å². The summed E-state index contributed by atoms with van der Waals surface area (Å²) in [6, 6.07) is 5.85. The quantitative estimate of drug-likeness (QED) is 0.826. The molecule has 5 heteroatoms. The maximum absolute atomic E-state index is 13.4. The average Bonchev–Trinajstić information content (AvgIpc) is 2.82. The Kier molecular flexibility index (Phi) is 3.60. The summed E-state index contributed by atoms with van der Waals surface area (Å²) in [7, 11) is 0. The normalized spacial score (nSPS) is 10.7. The zero-order chi connectivity index (χ0) is 13.1. The first-order valence-corrected chi connectivity index (χ1v) is 5.65. The van der Waals surface area contributed by atoms with Gasteiger partial charge in [-0.2, -0.15) is 0 Å². The van der Waals surface area contributed by atoms with Crippen LogP contribution in [-0.2, 0) is 13.1 Å². The minimum absolute atomic E-state index is 0.0437. The van der Waals surface area contributed by atoms with Crippen molar-refractivity contribution in [3.8, 4) is 0 Å². The van der Waals surface area contributed by atoms with Crippen molar-refractivity contribution in [3.05, 3.63) is 53.6 Å². The van der Waals surface area contributed by atoms with Gasteiger partial charge in [-0.15, -0.1) is 0 Å². The molecule has 0 aliphatic heterocycles. The number of aryl methyl sites for hydroxylation is 1.